The van der Waals surface area contributed by atoms with Crippen molar-refractivity contribution in [3.8, 4) is 0 Å². The summed E-state index contributed by atoms with van der Waals surface area (Å²) in [5, 5.41) is 8.90. The minimum absolute atomic E-state index is 0.132. The summed E-state index contributed by atoms with van der Waals surface area (Å²) in [6.07, 6.45) is -0.132. The number of nitrogens with zero attached hydrogens (tertiary/aromatic N) is 1. The van der Waals surface area contributed by atoms with Crippen molar-refractivity contribution < 1.29 is 19.4 Å². The van der Waals surface area contributed by atoms with Gasteiger partial charge in [0.2, 0.25) is 5.91 Å². The maximum absolute atomic E-state index is 12.4. The Kier molecular flexibility index (Phi) is 4.70. The van der Waals surface area contributed by atoms with Gasteiger partial charge < -0.3 is 20.5 Å². The maximum Gasteiger partial charge on any atom is 0.305 e. The lowest BCUT2D eigenvalue weighted by Crippen LogP contribution is -2.52. The van der Waals surface area contributed by atoms with E-state index in [1.54, 1.807) is 12.1 Å². The summed E-state index contributed by atoms with van der Waals surface area (Å²) in [5.74, 6) is -1.21. The molecule has 0 bridgehead atoms. The summed E-state index contributed by atoms with van der Waals surface area (Å²) in [4.78, 5) is 24.8. The molecule has 20 heavy (non-hydrogen) atoms. The lowest BCUT2D eigenvalue weighted by Gasteiger charge is -2.36. The van der Waals surface area contributed by atoms with Gasteiger partial charge in [0, 0.05) is 6.54 Å². The SMILES string of the molecule is NC(C(=O)N1CCOCC1CC(=O)O)c1ccccc1. The molecule has 1 aliphatic rings. The summed E-state index contributed by atoms with van der Waals surface area (Å²) in [5.41, 5.74) is 6.70. The Balaban J connectivity index is 2.11. The molecule has 2 atom stereocenters. The van der Waals surface area contributed by atoms with E-state index in [2.05, 4.69) is 0 Å². The highest BCUT2D eigenvalue weighted by Crippen LogP contribution is 2.18. The highest BCUT2D eigenvalue weighted by Gasteiger charge is 2.32. The normalized spacial score (nSPS) is 20.4. The molecule has 6 heteroatoms. The maximum atomic E-state index is 12.4. The Morgan fingerprint density at radius 3 is 2.75 bits per heavy atom. The molecular formula is C14H18N2O4. The number of carboxylic acid groups (broad SMARTS) is 1. The molecule has 0 spiro atoms. The first-order chi connectivity index (χ1) is 9.59. The average molecular weight is 278 g/mol. The van der Waals surface area contributed by atoms with Crippen LogP contribution >= 0.6 is 0 Å². The van der Waals surface area contributed by atoms with Gasteiger partial charge in [-0.25, -0.2) is 0 Å². The van der Waals surface area contributed by atoms with Gasteiger partial charge in [-0.05, 0) is 5.56 Å². The lowest BCUT2D eigenvalue weighted by molar-refractivity contribution is -0.147. The van der Waals surface area contributed by atoms with Gasteiger partial charge in [0.25, 0.3) is 0 Å². The fraction of sp³-hybridized carbons (Fsp3) is 0.429. The van der Waals surface area contributed by atoms with Crippen LogP contribution in [0.5, 0.6) is 0 Å². The Labute approximate surface area is 117 Å². The van der Waals surface area contributed by atoms with E-state index in [0.29, 0.717) is 13.2 Å². The van der Waals surface area contributed by atoms with Crippen LogP contribution in [-0.2, 0) is 14.3 Å². The second kappa shape index (κ2) is 6.49. The second-order valence-corrected chi connectivity index (χ2v) is 4.75. The summed E-state index contributed by atoms with van der Waals surface area (Å²) in [7, 11) is 0. The second-order valence-electron chi connectivity index (χ2n) is 4.75. The molecular weight excluding hydrogens is 260 g/mol. The quantitative estimate of drug-likeness (QED) is 0.831. The van der Waals surface area contributed by atoms with Crippen molar-refractivity contribution in [2.75, 3.05) is 19.8 Å². The van der Waals surface area contributed by atoms with E-state index in [4.69, 9.17) is 15.6 Å². The number of hydrogen-bond acceptors (Lipinski definition) is 4. The van der Waals surface area contributed by atoms with Crippen LogP contribution in [0.2, 0.25) is 0 Å². The van der Waals surface area contributed by atoms with E-state index in [1.807, 2.05) is 18.2 Å². The minimum atomic E-state index is -0.952. The zero-order chi connectivity index (χ0) is 14.5. The smallest absolute Gasteiger partial charge is 0.305 e. The van der Waals surface area contributed by atoms with Gasteiger partial charge in [-0.3, -0.25) is 9.59 Å². The fourth-order valence-electron chi connectivity index (χ4n) is 2.30. The number of rotatable bonds is 4. The van der Waals surface area contributed by atoms with E-state index in [1.165, 1.54) is 4.90 Å². The molecule has 3 N–H and O–H groups in total. The third-order valence-corrected chi connectivity index (χ3v) is 3.35. The number of nitrogens with two attached hydrogens (primary N) is 1. The minimum Gasteiger partial charge on any atom is -0.481 e. The van der Waals surface area contributed by atoms with Gasteiger partial charge in [-0.1, -0.05) is 30.3 Å². The van der Waals surface area contributed by atoms with Gasteiger partial charge in [0.05, 0.1) is 25.7 Å². The number of ether oxygens (including phenoxy) is 1. The predicted octanol–water partition coefficient (Wildman–Crippen LogP) is 0.389. The number of aliphatic carboxylic acids is 1. The largest absolute Gasteiger partial charge is 0.481 e. The van der Waals surface area contributed by atoms with Crippen LogP contribution in [0.3, 0.4) is 0 Å². The molecule has 2 unspecified atom stereocenters. The highest BCUT2D eigenvalue weighted by molar-refractivity contribution is 5.84. The molecule has 0 aromatic heterocycles. The Morgan fingerprint density at radius 2 is 2.10 bits per heavy atom. The Hall–Kier alpha value is -1.92. The topological polar surface area (TPSA) is 92.9 Å². The van der Waals surface area contributed by atoms with Gasteiger partial charge in [0.15, 0.2) is 0 Å². The molecule has 6 nitrogen and oxygen atoms in total. The predicted molar refractivity (Wildman–Crippen MR) is 71.9 cm³/mol. The Morgan fingerprint density at radius 1 is 1.40 bits per heavy atom. The van der Waals surface area contributed by atoms with Crippen LogP contribution in [0.1, 0.15) is 18.0 Å². The molecule has 1 heterocycles. The van der Waals surface area contributed by atoms with Gasteiger partial charge in [-0.2, -0.15) is 0 Å². The van der Waals surface area contributed by atoms with Crippen LogP contribution in [0.4, 0.5) is 0 Å². The zero-order valence-corrected chi connectivity index (χ0v) is 11.1. The number of amides is 1. The van der Waals surface area contributed by atoms with Crippen LogP contribution in [0.15, 0.2) is 30.3 Å². The number of carboxylic acids is 1. The van der Waals surface area contributed by atoms with Crippen molar-refractivity contribution in [1.29, 1.82) is 0 Å². The molecule has 0 aliphatic carbocycles. The van der Waals surface area contributed by atoms with E-state index in [0.717, 1.165) is 5.56 Å². The molecule has 1 aliphatic heterocycles. The molecule has 0 saturated carbocycles. The lowest BCUT2D eigenvalue weighted by atomic mass is 10.0. The number of benzene rings is 1. The molecule has 1 saturated heterocycles. The molecule has 1 amide bonds. The number of carbonyl (C=O) groups is 2. The van der Waals surface area contributed by atoms with Crippen molar-refractivity contribution in [3.05, 3.63) is 35.9 Å². The third kappa shape index (κ3) is 3.34. The average Bonchev–Trinajstić information content (AvgIpc) is 2.46. The third-order valence-electron chi connectivity index (χ3n) is 3.35. The first-order valence-electron chi connectivity index (χ1n) is 6.50. The van der Waals surface area contributed by atoms with Crippen molar-refractivity contribution in [2.45, 2.75) is 18.5 Å². The van der Waals surface area contributed by atoms with E-state index < -0.39 is 18.1 Å². The summed E-state index contributed by atoms with van der Waals surface area (Å²) < 4.78 is 5.25. The zero-order valence-electron chi connectivity index (χ0n) is 11.1. The fourth-order valence-corrected chi connectivity index (χ4v) is 2.30. The van der Waals surface area contributed by atoms with Crippen LogP contribution in [-0.4, -0.2) is 47.7 Å². The molecule has 1 aromatic rings. The highest BCUT2D eigenvalue weighted by atomic mass is 16.5. The number of morpholine rings is 1. The van der Waals surface area contributed by atoms with Crippen molar-refractivity contribution >= 4 is 11.9 Å². The number of hydrogen-bond donors (Lipinski definition) is 2. The molecule has 0 radical (unpaired) electrons. The first-order valence-corrected chi connectivity index (χ1v) is 6.50. The first kappa shape index (κ1) is 14.5. The van der Waals surface area contributed by atoms with Crippen molar-refractivity contribution in [1.82, 2.24) is 4.90 Å². The number of carbonyl (C=O) groups excluding carboxylic acids is 1. The van der Waals surface area contributed by atoms with Crippen LogP contribution in [0, 0.1) is 0 Å². The van der Waals surface area contributed by atoms with E-state index in [9.17, 15) is 9.59 Å². The van der Waals surface area contributed by atoms with Crippen LogP contribution < -0.4 is 5.73 Å². The summed E-state index contributed by atoms with van der Waals surface area (Å²) in [6, 6.07) is 7.83. The molecule has 108 valence electrons. The standard InChI is InChI=1S/C14H18N2O4/c15-13(10-4-2-1-3-5-10)14(19)16-6-7-20-9-11(16)8-12(17)18/h1-5,11,13H,6-9,15H2,(H,17,18). The molecule has 2 rings (SSSR count). The van der Waals surface area contributed by atoms with Gasteiger partial charge >= 0.3 is 5.97 Å². The van der Waals surface area contributed by atoms with E-state index >= 15 is 0 Å². The van der Waals surface area contributed by atoms with E-state index in [-0.39, 0.29) is 18.9 Å². The van der Waals surface area contributed by atoms with Gasteiger partial charge in [-0.15, -0.1) is 0 Å². The van der Waals surface area contributed by atoms with Crippen molar-refractivity contribution in [2.24, 2.45) is 5.73 Å². The Bertz CT molecular complexity index is 477. The van der Waals surface area contributed by atoms with Crippen molar-refractivity contribution in [3.63, 3.8) is 0 Å². The molecule has 1 aromatic carbocycles. The summed E-state index contributed by atoms with van der Waals surface area (Å²) in [6.45, 7) is 1.01. The van der Waals surface area contributed by atoms with Crippen LogP contribution in [0.25, 0.3) is 0 Å². The van der Waals surface area contributed by atoms with Gasteiger partial charge in [0.1, 0.15) is 6.04 Å². The monoisotopic (exact) mass is 278 g/mol. The molecule has 1 fully saturated rings. The summed E-state index contributed by atoms with van der Waals surface area (Å²) >= 11 is 0.